The molecular weight excluding hydrogens is 331 g/mol. The van der Waals surface area contributed by atoms with Crippen LogP contribution in [-0.4, -0.2) is 67.5 Å². The summed E-state index contributed by atoms with van der Waals surface area (Å²) in [6.45, 7) is 7.29. The van der Waals surface area contributed by atoms with Crippen molar-refractivity contribution in [2.45, 2.75) is 19.5 Å². The van der Waals surface area contributed by atoms with Crippen LogP contribution in [0.3, 0.4) is 0 Å². The standard InChI is InChI=1S/C13H25O9P/c1-4-12(15)18-7-9-21-23(17,20-6-5-14)22-10-8-19-13(16)11(2)3/h4,12-16H,1-2,5-10H2,3H3. The van der Waals surface area contributed by atoms with E-state index in [1.54, 1.807) is 6.92 Å². The van der Waals surface area contributed by atoms with Gasteiger partial charge in [-0.15, -0.1) is 0 Å². The van der Waals surface area contributed by atoms with Crippen LogP contribution in [0.4, 0.5) is 0 Å². The number of phosphoric acid groups is 1. The minimum absolute atomic E-state index is 0.0739. The van der Waals surface area contributed by atoms with E-state index in [0.717, 1.165) is 0 Å². The largest absolute Gasteiger partial charge is 0.475 e. The van der Waals surface area contributed by atoms with Gasteiger partial charge in [0.05, 0.1) is 39.6 Å². The van der Waals surface area contributed by atoms with Crippen molar-refractivity contribution in [2.75, 3.05) is 39.6 Å². The van der Waals surface area contributed by atoms with Crippen LogP contribution in [0.15, 0.2) is 24.8 Å². The van der Waals surface area contributed by atoms with Crippen molar-refractivity contribution in [3.63, 3.8) is 0 Å². The highest BCUT2D eigenvalue weighted by molar-refractivity contribution is 7.48. The number of hydrogen-bond acceptors (Lipinski definition) is 9. The molecule has 0 fully saturated rings. The molecule has 0 bridgehead atoms. The van der Waals surface area contributed by atoms with Crippen LogP contribution in [0.5, 0.6) is 0 Å². The first-order chi connectivity index (χ1) is 10.8. The molecule has 3 unspecified atom stereocenters. The van der Waals surface area contributed by atoms with Crippen LogP contribution in [0.25, 0.3) is 0 Å². The maximum Gasteiger partial charge on any atom is 0.475 e. The third-order valence-electron chi connectivity index (χ3n) is 2.19. The van der Waals surface area contributed by atoms with Gasteiger partial charge in [-0.25, -0.2) is 4.57 Å². The van der Waals surface area contributed by atoms with Crippen LogP contribution in [0.2, 0.25) is 0 Å². The molecule has 0 aromatic carbocycles. The average molecular weight is 356 g/mol. The lowest BCUT2D eigenvalue weighted by Gasteiger charge is -2.18. The molecule has 10 heteroatoms. The Balaban J connectivity index is 4.17. The van der Waals surface area contributed by atoms with Crippen LogP contribution in [0.1, 0.15) is 6.92 Å². The van der Waals surface area contributed by atoms with Gasteiger partial charge in [-0.1, -0.05) is 13.2 Å². The molecule has 0 rings (SSSR count). The second kappa shape index (κ2) is 12.8. The van der Waals surface area contributed by atoms with Crippen molar-refractivity contribution in [2.24, 2.45) is 0 Å². The minimum atomic E-state index is -3.92. The molecule has 0 aromatic heterocycles. The molecule has 0 aliphatic rings. The summed E-state index contributed by atoms with van der Waals surface area (Å²) in [5, 5.41) is 27.2. The first kappa shape index (κ1) is 22.4. The van der Waals surface area contributed by atoms with E-state index in [1.165, 1.54) is 6.08 Å². The van der Waals surface area contributed by atoms with Crippen molar-refractivity contribution < 1.29 is 42.9 Å². The van der Waals surface area contributed by atoms with Crippen molar-refractivity contribution in [1.82, 2.24) is 0 Å². The third-order valence-corrected chi connectivity index (χ3v) is 3.69. The van der Waals surface area contributed by atoms with E-state index in [1.807, 2.05) is 0 Å². The number of phosphoric ester groups is 1. The highest BCUT2D eigenvalue weighted by Crippen LogP contribution is 2.49. The number of rotatable bonds is 15. The summed E-state index contributed by atoms with van der Waals surface area (Å²) in [7, 11) is -3.92. The topological polar surface area (TPSA) is 124 Å². The molecule has 23 heavy (non-hydrogen) atoms. The van der Waals surface area contributed by atoms with E-state index < -0.39 is 20.4 Å². The fraction of sp³-hybridized carbons (Fsp3) is 0.692. The summed E-state index contributed by atoms with van der Waals surface area (Å²) >= 11 is 0. The predicted molar refractivity (Wildman–Crippen MR) is 81.5 cm³/mol. The van der Waals surface area contributed by atoms with Gasteiger partial charge in [0.1, 0.15) is 0 Å². The number of aliphatic hydroxyl groups is 3. The van der Waals surface area contributed by atoms with Gasteiger partial charge in [0, 0.05) is 0 Å². The second-order valence-corrected chi connectivity index (χ2v) is 5.91. The van der Waals surface area contributed by atoms with Gasteiger partial charge in [-0.05, 0) is 18.6 Å². The Bertz CT molecular complexity index is 388. The van der Waals surface area contributed by atoms with E-state index >= 15 is 0 Å². The van der Waals surface area contributed by atoms with E-state index in [9.17, 15) is 9.67 Å². The Hall–Kier alpha value is -0.610. The van der Waals surface area contributed by atoms with E-state index in [0.29, 0.717) is 5.57 Å². The van der Waals surface area contributed by atoms with Crippen LogP contribution < -0.4 is 0 Å². The summed E-state index contributed by atoms with van der Waals surface area (Å²) in [5.74, 6) is 0. The summed E-state index contributed by atoms with van der Waals surface area (Å²) in [6.07, 6.45) is -1.14. The molecule has 136 valence electrons. The molecule has 3 N–H and O–H groups in total. The lowest BCUT2D eigenvalue weighted by Crippen LogP contribution is -2.17. The van der Waals surface area contributed by atoms with Crippen LogP contribution in [0, 0.1) is 0 Å². The Labute approximate surface area is 135 Å². The third kappa shape index (κ3) is 11.5. The fourth-order valence-corrected chi connectivity index (χ4v) is 2.23. The van der Waals surface area contributed by atoms with Gasteiger partial charge in [0.2, 0.25) is 0 Å². The zero-order valence-corrected chi connectivity index (χ0v) is 14.0. The SMILES string of the molecule is C=CC(O)OCCOP(=O)(OCCO)OCCOC(O)C(=C)C. The van der Waals surface area contributed by atoms with Gasteiger partial charge >= 0.3 is 7.82 Å². The van der Waals surface area contributed by atoms with Gasteiger partial charge in [0.15, 0.2) is 12.6 Å². The van der Waals surface area contributed by atoms with Crippen LogP contribution >= 0.6 is 7.82 Å². The number of hydrogen-bond donors (Lipinski definition) is 3. The van der Waals surface area contributed by atoms with Crippen molar-refractivity contribution in [1.29, 1.82) is 0 Å². The summed E-state index contributed by atoms with van der Waals surface area (Å²) in [6, 6.07) is 0. The Morgan fingerprint density at radius 2 is 1.61 bits per heavy atom. The fourth-order valence-electron chi connectivity index (χ4n) is 1.10. The first-order valence-corrected chi connectivity index (χ1v) is 8.32. The molecule has 0 spiro atoms. The zero-order chi connectivity index (χ0) is 17.7. The van der Waals surface area contributed by atoms with Gasteiger partial charge in [-0.2, -0.15) is 0 Å². The van der Waals surface area contributed by atoms with E-state index in [-0.39, 0.29) is 39.6 Å². The molecule has 0 saturated carbocycles. The van der Waals surface area contributed by atoms with Gasteiger partial charge < -0.3 is 24.8 Å². The molecule has 0 aliphatic carbocycles. The number of ether oxygens (including phenoxy) is 2. The molecule has 0 saturated heterocycles. The van der Waals surface area contributed by atoms with Crippen molar-refractivity contribution >= 4 is 7.82 Å². The Kier molecular flexibility index (Phi) is 12.4. The molecule has 0 aliphatic heterocycles. The normalized spacial score (nSPS) is 16.5. The lowest BCUT2D eigenvalue weighted by molar-refractivity contribution is -0.0841. The maximum atomic E-state index is 12.2. The molecule has 0 amide bonds. The average Bonchev–Trinajstić information content (AvgIpc) is 2.53. The van der Waals surface area contributed by atoms with Gasteiger partial charge in [-0.3, -0.25) is 13.6 Å². The van der Waals surface area contributed by atoms with E-state index in [2.05, 4.69) is 13.2 Å². The summed E-state index contributed by atoms with van der Waals surface area (Å²) < 4.78 is 36.8. The first-order valence-electron chi connectivity index (χ1n) is 6.86. The van der Waals surface area contributed by atoms with E-state index in [4.69, 9.17) is 33.3 Å². The molecule has 0 aromatic rings. The Morgan fingerprint density at radius 3 is 2.09 bits per heavy atom. The molecule has 9 nitrogen and oxygen atoms in total. The molecule has 3 atom stereocenters. The highest BCUT2D eigenvalue weighted by Gasteiger charge is 2.26. The maximum absolute atomic E-state index is 12.2. The summed E-state index contributed by atoms with van der Waals surface area (Å²) in [4.78, 5) is 0. The zero-order valence-electron chi connectivity index (χ0n) is 13.1. The highest BCUT2D eigenvalue weighted by atomic mass is 31.2. The monoisotopic (exact) mass is 356 g/mol. The predicted octanol–water partition coefficient (Wildman–Crippen LogP) is 0.569. The summed E-state index contributed by atoms with van der Waals surface area (Å²) in [5.41, 5.74) is 0.416. The number of aliphatic hydroxyl groups excluding tert-OH is 3. The molecule has 0 heterocycles. The second-order valence-electron chi connectivity index (χ2n) is 4.24. The van der Waals surface area contributed by atoms with Gasteiger partial charge in [0.25, 0.3) is 0 Å². The van der Waals surface area contributed by atoms with Crippen molar-refractivity contribution in [3.8, 4) is 0 Å². The molecule has 0 radical (unpaired) electrons. The smallest absolute Gasteiger partial charge is 0.394 e. The quantitative estimate of drug-likeness (QED) is 0.167. The molecular formula is C13H25O9P. The minimum Gasteiger partial charge on any atom is -0.394 e. The lowest BCUT2D eigenvalue weighted by atomic mass is 10.3. The van der Waals surface area contributed by atoms with Crippen molar-refractivity contribution in [3.05, 3.63) is 24.8 Å². The Morgan fingerprint density at radius 1 is 1.09 bits per heavy atom. The van der Waals surface area contributed by atoms with Crippen LogP contribution in [-0.2, 0) is 27.6 Å².